The zero-order valence-electron chi connectivity index (χ0n) is 12.2. The maximum absolute atomic E-state index is 5.28. The molecule has 0 radical (unpaired) electrons. The Morgan fingerprint density at radius 3 is 2.58 bits per heavy atom. The second-order valence-corrected chi connectivity index (χ2v) is 5.54. The molecule has 0 bridgehead atoms. The first kappa shape index (κ1) is 16.5. The molecule has 1 aromatic carbocycles. The second kappa shape index (κ2) is 8.56. The summed E-state index contributed by atoms with van der Waals surface area (Å²) in [7, 11) is 3.43. The van der Waals surface area contributed by atoms with E-state index in [1.54, 1.807) is 14.2 Å². The summed E-state index contributed by atoms with van der Waals surface area (Å²) >= 11 is 3.55. The van der Waals surface area contributed by atoms with Crippen molar-refractivity contribution in [1.29, 1.82) is 0 Å². The van der Waals surface area contributed by atoms with Crippen LogP contribution >= 0.6 is 15.9 Å². The van der Waals surface area contributed by atoms with Crippen LogP contribution < -0.4 is 10.1 Å². The average Bonchev–Trinajstić information content (AvgIpc) is 2.42. The molecule has 0 spiro atoms. The molecule has 4 heteroatoms. The van der Waals surface area contributed by atoms with Crippen molar-refractivity contribution in [1.82, 2.24) is 5.32 Å². The van der Waals surface area contributed by atoms with Crippen molar-refractivity contribution in [2.45, 2.75) is 26.3 Å². The van der Waals surface area contributed by atoms with Gasteiger partial charge in [-0.3, -0.25) is 0 Å². The lowest BCUT2D eigenvalue weighted by molar-refractivity contribution is 0.170. The van der Waals surface area contributed by atoms with Gasteiger partial charge in [-0.2, -0.15) is 0 Å². The van der Waals surface area contributed by atoms with E-state index in [2.05, 4.69) is 47.2 Å². The van der Waals surface area contributed by atoms with Crippen LogP contribution in [-0.4, -0.2) is 27.4 Å². The fourth-order valence-electron chi connectivity index (χ4n) is 2.21. The number of ether oxygens (including phenoxy) is 2. The SMILES string of the molecule is CCNC(c1ccc(OC)c(Br)c1)C(C)CCOC. The molecular weight excluding hydrogens is 306 g/mol. The number of nitrogens with one attached hydrogen (secondary N) is 1. The van der Waals surface area contributed by atoms with Crippen LogP contribution in [-0.2, 0) is 4.74 Å². The Morgan fingerprint density at radius 1 is 1.32 bits per heavy atom. The standard InChI is InChI=1S/C15H24BrNO2/c1-5-17-15(11(2)8-9-18-3)12-6-7-14(19-4)13(16)10-12/h6-7,10-11,15,17H,5,8-9H2,1-4H3. The van der Waals surface area contributed by atoms with Crippen LogP contribution in [0, 0.1) is 5.92 Å². The van der Waals surface area contributed by atoms with Gasteiger partial charge in [0.05, 0.1) is 11.6 Å². The van der Waals surface area contributed by atoms with E-state index in [0.29, 0.717) is 12.0 Å². The zero-order chi connectivity index (χ0) is 14.3. The zero-order valence-corrected chi connectivity index (χ0v) is 13.8. The van der Waals surface area contributed by atoms with Crippen molar-refractivity contribution in [3.8, 4) is 5.75 Å². The normalized spacial score (nSPS) is 14.2. The van der Waals surface area contributed by atoms with Gasteiger partial charge in [0, 0.05) is 19.8 Å². The molecule has 0 aromatic heterocycles. The third kappa shape index (κ3) is 4.79. The molecule has 2 atom stereocenters. The molecule has 2 unspecified atom stereocenters. The quantitative estimate of drug-likeness (QED) is 0.787. The summed E-state index contributed by atoms with van der Waals surface area (Å²) in [4.78, 5) is 0. The molecule has 3 nitrogen and oxygen atoms in total. The van der Waals surface area contributed by atoms with E-state index in [1.807, 2.05) is 6.07 Å². The van der Waals surface area contributed by atoms with Gasteiger partial charge in [-0.1, -0.05) is 19.9 Å². The Balaban J connectivity index is 2.88. The van der Waals surface area contributed by atoms with Crippen molar-refractivity contribution in [2.24, 2.45) is 5.92 Å². The van der Waals surface area contributed by atoms with E-state index in [-0.39, 0.29) is 0 Å². The van der Waals surface area contributed by atoms with Crippen molar-refractivity contribution >= 4 is 15.9 Å². The fourth-order valence-corrected chi connectivity index (χ4v) is 2.77. The van der Waals surface area contributed by atoms with Crippen molar-refractivity contribution in [3.05, 3.63) is 28.2 Å². The predicted molar refractivity (Wildman–Crippen MR) is 82.8 cm³/mol. The van der Waals surface area contributed by atoms with E-state index in [1.165, 1.54) is 5.56 Å². The number of rotatable bonds is 8. The van der Waals surface area contributed by atoms with E-state index < -0.39 is 0 Å². The Kier molecular flexibility index (Phi) is 7.42. The number of hydrogen-bond donors (Lipinski definition) is 1. The molecule has 1 N–H and O–H groups in total. The fraction of sp³-hybridized carbons (Fsp3) is 0.600. The monoisotopic (exact) mass is 329 g/mol. The van der Waals surface area contributed by atoms with Crippen molar-refractivity contribution in [2.75, 3.05) is 27.4 Å². The van der Waals surface area contributed by atoms with Gasteiger partial charge in [-0.05, 0) is 52.5 Å². The van der Waals surface area contributed by atoms with Gasteiger partial charge in [0.2, 0.25) is 0 Å². The molecular formula is C15H24BrNO2. The van der Waals surface area contributed by atoms with Gasteiger partial charge in [0.15, 0.2) is 0 Å². The summed E-state index contributed by atoms with van der Waals surface area (Å²) in [6, 6.07) is 6.60. The molecule has 1 aromatic rings. The van der Waals surface area contributed by atoms with Crippen LogP contribution in [0.4, 0.5) is 0 Å². The lowest BCUT2D eigenvalue weighted by Gasteiger charge is -2.25. The summed E-state index contributed by atoms with van der Waals surface area (Å²) in [6.07, 6.45) is 1.04. The van der Waals surface area contributed by atoms with Gasteiger partial charge in [0.25, 0.3) is 0 Å². The lowest BCUT2D eigenvalue weighted by atomic mass is 9.92. The molecule has 0 aliphatic rings. The first-order chi connectivity index (χ1) is 9.13. The molecule has 0 saturated carbocycles. The summed E-state index contributed by atoms with van der Waals surface area (Å²) in [5.41, 5.74) is 1.28. The van der Waals surface area contributed by atoms with Crippen molar-refractivity contribution in [3.63, 3.8) is 0 Å². The van der Waals surface area contributed by atoms with E-state index in [0.717, 1.165) is 29.8 Å². The highest BCUT2D eigenvalue weighted by Crippen LogP contribution is 2.31. The van der Waals surface area contributed by atoms with Gasteiger partial charge < -0.3 is 14.8 Å². The molecule has 0 fully saturated rings. The van der Waals surface area contributed by atoms with Crippen molar-refractivity contribution < 1.29 is 9.47 Å². The summed E-state index contributed by atoms with van der Waals surface area (Å²) < 4.78 is 11.5. The molecule has 1 rings (SSSR count). The van der Waals surface area contributed by atoms with Gasteiger partial charge in [-0.15, -0.1) is 0 Å². The highest BCUT2D eigenvalue weighted by atomic mass is 79.9. The minimum absolute atomic E-state index is 0.336. The lowest BCUT2D eigenvalue weighted by Crippen LogP contribution is -2.27. The van der Waals surface area contributed by atoms with Gasteiger partial charge in [0.1, 0.15) is 5.75 Å². The van der Waals surface area contributed by atoms with Crippen LogP contribution in [0.1, 0.15) is 31.9 Å². The van der Waals surface area contributed by atoms with Crippen LogP contribution in [0.25, 0.3) is 0 Å². The Morgan fingerprint density at radius 2 is 2.05 bits per heavy atom. The number of methoxy groups -OCH3 is 2. The van der Waals surface area contributed by atoms with Crippen LogP contribution in [0.15, 0.2) is 22.7 Å². The third-order valence-corrected chi connectivity index (χ3v) is 3.93. The smallest absolute Gasteiger partial charge is 0.133 e. The maximum Gasteiger partial charge on any atom is 0.133 e. The third-order valence-electron chi connectivity index (χ3n) is 3.31. The molecule has 108 valence electrons. The number of benzene rings is 1. The topological polar surface area (TPSA) is 30.5 Å². The molecule has 0 saturated heterocycles. The highest BCUT2D eigenvalue weighted by Gasteiger charge is 2.19. The Labute approximate surface area is 124 Å². The van der Waals surface area contributed by atoms with Crippen LogP contribution in [0.5, 0.6) is 5.75 Å². The predicted octanol–water partition coefficient (Wildman–Crippen LogP) is 3.78. The van der Waals surface area contributed by atoms with Crippen LogP contribution in [0.3, 0.4) is 0 Å². The van der Waals surface area contributed by atoms with E-state index >= 15 is 0 Å². The Bertz CT molecular complexity index is 384. The molecule has 0 heterocycles. The van der Waals surface area contributed by atoms with Gasteiger partial charge >= 0.3 is 0 Å². The molecule has 19 heavy (non-hydrogen) atoms. The number of halogens is 1. The first-order valence-electron chi connectivity index (χ1n) is 6.69. The highest BCUT2D eigenvalue weighted by molar-refractivity contribution is 9.10. The van der Waals surface area contributed by atoms with E-state index in [9.17, 15) is 0 Å². The maximum atomic E-state index is 5.28. The summed E-state index contributed by atoms with van der Waals surface area (Å²) in [5.74, 6) is 1.38. The average molecular weight is 330 g/mol. The summed E-state index contributed by atoms with van der Waals surface area (Å²) in [6.45, 7) is 6.13. The molecule has 0 aliphatic heterocycles. The second-order valence-electron chi connectivity index (χ2n) is 4.69. The summed E-state index contributed by atoms with van der Waals surface area (Å²) in [5, 5.41) is 3.56. The van der Waals surface area contributed by atoms with Gasteiger partial charge in [-0.25, -0.2) is 0 Å². The van der Waals surface area contributed by atoms with E-state index in [4.69, 9.17) is 9.47 Å². The molecule has 0 amide bonds. The minimum Gasteiger partial charge on any atom is -0.496 e. The largest absolute Gasteiger partial charge is 0.496 e. The van der Waals surface area contributed by atoms with Crippen LogP contribution in [0.2, 0.25) is 0 Å². The first-order valence-corrected chi connectivity index (χ1v) is 7.49. The minimum atomic E-state index is 0.336. The Hall–Kier alpha value is -0.580. The molecule has 0 aliphatic carbocycles. The number of hydrogen-bond acceptors (Lipinski definition) is 3.